The van der Waals surface area contributed by atoms with Crippen molar-refractivity contribution in [3.05, 3.63) is 0 Å². The Labute approximate surface area is 55.5 Å². The molecule has 0 saturated carbocycles. The van der Waals surface area contributed by atoms with Gasteiger partial charge in [0.25, 0.3) is 0 Å². The van der Waals surface area contributed by atoms with Gasteiger partial charge in [-0.05, 0) is 0 Å². The monoisotopic (exact) mass is 374 g/mol. The van der Waals surface area contributed by atoms with Crippen LogP contribution in [0.1, 0.15) is 0 Å². The number of hydrogen-bond donors (Lipinski definition) is 0. The normalized spacial score (nSPS) is 6.22. The van der Waals surface area contributed by atoms with Gasteiger partial charge >= 0.3 is 33.5 Å². The van der Waals surface area contributed by atoms with Gasteiger partial charge in [-0.25, -0.2) is 0 Å². The third kappa shape index (κ3) is 35500. The van der Waals surface area contributed by atoms with Gasteiger partial charge in [0.15, 0.2) is 0 Å². The third-order valence-electron chi connectivity index (χ3n) is 0. The maximum absolute atomic E-state index is 8.67. The molecule has 0 aromatic rings. The van der Waals surface area contributed by atoms with E-state index in [1.807, 2.05) is 0 Å². The van der Waals surface area contributed by atoms with Gasteiger partial charge in [-0.3, -0.25) is 0 Å². The molecule has 0 heterocycles. The summed E-state index contributed by atoms with van der Waals surface area (Å²) in [6, 6.07) is 0. The van der Waals surface area contributed by atoms with Crippen molar-refractivity contribution >= 4 is 0 Å². The maximum atomic E-state index is 8.67. The van der Waals surface area contributed by atoms with Gasteiger partial charge in [-0.1, -0.05) is 0 Å². The average molecular weight is 374 g/mol. The van der Waals surface area contributed by atoms with Gasteiger partial charge in [0, 0.05) is 0 Å². The minimum absolute atomic E-state index is 0. The van der Waals surface area contributed by atoms with E-state index in [1.165, 1.54) is 0 Å². The first kappa shape index (κ1) is 35.6. The van der Waals surface area contributed by atoms with Gasteiger partial charge in [0.1, 0.15) is 0 Å². The molecule has 0 bridgehead atoms. The molecule has 8 nitrogen and oxygen atoms in total. The van der Waals surface area contributed by atoms with Crippen molar-refractivity contribution in [3.8, 4) is 0 Å². The molecule has 0 radical (unpaired) electrons. The van der Waals surface area contributed by atoms with E-state index < -0.39 is 24.5 Å². The van der Waals surface area contributed by atoms with Crippen molar-refractivity contribution in [1.82, 2.24) is 0 Å². The minimum atomic E-state index is -6.34. The first-order chi connectivity index (χ1) is 2.00. The Balaban J connectivity index is -0.0000000133. The fourth-order valence-electron chi connectivity index (χ4n) is 0. The van der Waals surface area contributed by atoms with E-state index in [0.717, 1.165) is 0 Å². The summed E-state index contributed by atoms with van der Waals surface area (Å²) in [7, 11) is 0. The fourth-order valence-corrected chi connectivity index (χ4v) is 0. The summed E-state index contributed by atoms with van der Waals surface area (Å²) in [4.78, 5) is 0. The van der Waals surface area contributed by atoms with Crippen molar-refractivity contribution in [1.29, 1.82) is 0 Å². The van der Waals surface area contributed by atoms with E-state index in [9.17, 15) is 0 Å². The summed E-state index contributed by atoms with van der Waals surface area (Å²) in [6.45, 7) is 0. The van der Waals surface area contributed by atoms with E-state index in [1.54, 1.807) is 0 Å². The van der Waals surface area contributed by atoms with Gasteiger partial charge in [-0.2, -0.15) is 0 Å². The molecule has 0 aromatic carbocycles. The summed E-state index contributed by atoms with van der Waals surface area (Å²) in [5, 5.41) is 0. The van der Waals surface area contributed by atoms with Gasteiger partial charge in [0.2, 0.25) is 0 Å². The SMILES string of the molecule is O.O.O.O.[O]=[U](=[O])(=[O])=[O]. The van der Waals surface area contributed by atoms with Crippen LogP contribution in [0.4, 0.5) is 0 Å². The molecule has 0 unspecified atom stereocenters. The molecule has 0 spiro atoms. The van der Waals surface area contributed by atoms with Crippen LogP contribution in [0.2, 0.25) is 0 Å². The molecule has 60 valence electrons. The standard InChI is InChI=1S/4H2O.4O.U/h4*1H2;;;;;. The molecule has 0 rings (SSSR count). The number of hydrogen-bond acceptors (Lipinski definition) is 4. The summed E-state index contributed by atoms with van der Waals surface area (Å²) in [5.74, 6) is 0. The van der Waals surface area contributed by atoms with Crippen LogP contribution in [0.15, 0.2) is 0 Å². The summed E-state index contributed by atoms with van der Waals surface area (Å²) < 4.78 is 34.7. The van der Waals surface area contributed by atoms with E-state index in [0.29, 0.717) is 0 Å². The van der Waals surface area contributed by atoms with Gasteiger partial charge in [-0.15, -0.1) is 0 Å². The molecule has 9 heavy (non-hydrogen) atoms. The molecule has 0 saturated heterocycles. The second kappa shape index (κ2) is 11.0. The van der Waals surface area contributed by atoms with Crippen LogP contribution in [0, 0.1) is 24.5 Å². The molecule has 0 aliphatic heterocycles. The van der Waals surface area contributed by atoms with Crippen LogP contribution in [0.5, 0.6) is 0 Å². The van der Waals surface area contributed by atoms with Gasteiger partial charge < -0.3 is 21.9 Å². The van der Waals surface area contributed by atoms with Crippen molar-refractivity contribution in [3.63, 3.8) is 0 Å². The molecule has 0 aromatic heterocycles. The van der Waals surface area contributed by atoms with E-state index in [-0.39, 0.29) is 21.9 Å². The average Bonchev–Trinajstić information content (AvgIpc) is 0.722. The van der Waals surface area contributed by atoms with Crippen LogP contribution >= 0.6 is 0 Å². The summed E-state index contributed by atoms with van der Waals surface area (Å²) in [6.07, 6.45) is 0. The zero-order valence-electron chi connectivity index (χ0n) is 4.13. The Hall–Kier alpha value is 0.0919. The van der Waals surface area contributed by atoms with Crippen LogP contribution < -0.4 is 0 Å². The Bertz CT molecular complexity index is 156. The molecule has 9 heteroatoms. The third-order valence-corrected chi connectivity index (χ3v) is 0. The number of rotatable bonds is 0. The second-order valence-electron chi connectivity index (χ2n) is 0.500. The molecule has 0 atom stereocenters. The van der Waals surface area contributed by atoms with E-state index in [4.69, 9.17) is 8.94 Å². The Morgan fingerprint density at radius 3 is 0.556 bits per heavy atom. The molecular weight excluding hydrogens is 366 g/mol. The molecular formula is H8O8U. The predicted molar refractivity (Wildman–Crippen MR) is 17.2 cm³/mol. The molecule has 0 aliphatic carbocycles. The van der Waals surface area contributed by atoms with Crippen molar-refractivity contribution < 1.29 is 55.4 Å². The zero-order valence-corrected chi connectivity index (χ0v) is 8.30. The summed E-state index contributed by atoms with van der Waals surface area (Å²) >= 11 is -6.34. The quantitative estimate of drug-likeness (QED) is 0.420. The van der Waals surface area contributed by atoms with Crippen LogP contribution in [-0.4, -0.2) is 21.9 Å². The van der Waals surface area contributed by atoms with Crippen molar-refractivity contribution in [2.75, 3.05) is 0 Å². The first-order valence-corrected chi connectivity index (χ1v) is 7.62. The van der Waals surface area contributed by atoms with Gasteiger partial charge in [0.05, 0.1) is 0 Å². The Morgan fingerprint density at radius 1 is 0.556 bits per heavy atom. The zero-order chi connectivity index (χ0) is 4.50. The van der Waals surface area contributed by atoms with E-state index in [2.05, 4.69) is 0 Å². The Kier molecular flexibility index (Phi) is 43.3. The molecule has 0 fully saturated rings. The molecule has 0 aliphatic rings. The fraction of sp³-hybridized carbons (Fsp3) is 0. The van der Waals surface area contributed by atoms with Crippen molar-refractivity contribution in [2.45, 2.75) is 0 Å². The van der Waals surface area contributed by atoms with Crippen LogP contribution in [0.25, 0.3) is 0 Å². The van der Waals surface area contributed by atoms with Crippen LogP contribution in [-0.2, 0) is 8.94 Å². The van der Waals surface area contributed by atoms with Crippen LogP contribution in [0.3, 0.4) is 0 Å². The molecule has 8 N–H and O–H groups in total. The topological polar surface area (TPSA) is 194 Å². The van der Waals surface area contributed by atoms with Crippen molar-refractivity contribution in [2.24, 2.45) is 0 Å². The molecule has 0 amide bonds. The Morgan fingerprint density at radius 2 is 0.556 bits per heavy atom. The van der Waals surface area contributed by atoms with E-state index >= 15 is 0 Å². The summed E-state index contributed by atoms with van der Waals surface area (Å²) in [5.41, 5.74) is 0. The first-order valence-electron chi connectivity index (χ1n) is 0.816. The second-order valence-corrected chi connectivity index (χ2v) is 4.66. The predicted octanol–water partition coefficient (Wildman–Crippen LogP) is -3.77.